The highest BCUT2D eigenvalue weighted by atomic mass is 16.2. The van der Waals surface area contributed by atoms with E-state index in [4.69, 9.17) is 0 Å². The topological polar surface area (TPSA) is 35.6 Å². The summed E-state index contributed by atoms with van der Waals surface area (Å²) >= 11 is 0. The van der Waals surface area contributed by atoms with E-state index in [1.807, 2.05) is 11.9 Å². The van der Waals surface area contributed by atoms with Gasteiger partial charge in [0.25, 0.3) is 0 Å². The summed E-state index contributed by atoms with van der Waals surface area (Å²) in [5.41, 5.74) is 0. The predicted molar refractivity (Wildman–Crippen MR) is 64.3 cm³/mol. The van der Waals surface area contributed by atoms with E-state index in [2.05, 4.69) is 10.2 Å². The summed E-state index contributed by atoms with van der Waals surface area (Å²) in [6.45, 7) is 5.90. The third-order valence-corrected chi connectivity index (χ3v) is 3.77. The van der Waals surface area contributed by atoms with Crippen LogP contribution in [0, 0.1) is 5.92 Å². The first-order chi connectivity index (χ1) is 7.79. The maximum absolute atomic E-state index is 11.8. The predicted octanol–water partition coefficient (Wildman–Crippen LogP) is 0.150. The fourth-order valence-electron chi connectivity index (χ4n) is 2.49. The first kappa shape index (κ1) is 11.9. The Kier molecular flexibility index (Phi) is 4.18. The van der Waals surface area contributed by atoms with Gasteiger partial charge in [0.05, 0.1) is 6.54 Å². The van der Waals surface area contributed by atoms with Crippen LogP contribution in [0.25, 0.3) is 0 Å². The van der Waals surface area contributed by atoms with Gasteiger partial charge in [-0.15, -0.1) is 0 Å². The Morgan fingerprint density at radius 1 is 1.25 bits per heavy atom. The van der Waals surface area contributed by atoms with Crippen LogP contribution in [0.15, 0.2) is 0 Å². The maximum Gasteiger partial charge on any atom is 0.236 e. The molecule has 0 unspecified atom stereocenters. The molecule has 4 heteroatoms. The van der Waals surface area contributed by atoms with Crippen LogP contribution in [0.3, 0.4) is 0 Å². The molecule has 1 amide bonds. The largest absolute Gasteiger partial charge is 0.341 e. The molecule has 0 bridgehead atoms. The van der Waals surface area contributed by atoms with E-state index >= 15 is 0 Å². The number of likely N-dealkylation sites (tertiary alicyclic amines) is 2. The molecule has 0 aromatic heterocycles. The summed E-state index contributed by atoms with van der Waals surface area (Å²) in [5.74, 6) is 1.14. The molecule has 0 aromatic carbocycles. The minimum Gasteiger partial charge on any atom is -0.341 e. The maximum atomic E-state index is 11.8. The fourth-order valence-corrected chi connectivity index (χ4v) is 2.49. The lowest BCUT2D eigenvalue weighted by Crippen LogP contribution is -2.48. The molecule has 2 aliphatic rings. The van der Waals surface area contributed by atoms with Crippen molar-refractivity contribution in [2.45, 2.75) is 19.3 Å². The molecule has 1 N–H and O–H groups in total. The summed E-state index contributed by atoms with van der Waals surface area (Å²) < 4.78 is 0. The van der Waals surface area contributed by atoms with Crippen molar-refractivity contribution in [2.75, 3.05) is 46.3 Å². The molecule has 2 heterocycles. The van der Waals surface area contributed by atoms with Crippen LogP contribution >= 0.6 is 0 Å². The Labute approximate surface area is 98.0 Å². The van der Waals surface area contributed by atoms with Gasteiger partial charge in [0.2, 0.25) is 5.91 Å². The molecule has 0 aromatic rings. The van der Waals surface area contributed by atoms with Crippen molar-refractivity contribution in [3.05, 3.63) is 0 Å². The van der Waals surface area contributed by atoms with Crippen molar-refractivity contribution in [2.24, 2.45) is 5.92 Å². The van der Waals surface area contributed by atoms with Gasteiger partial charge in [0.15, 0.2) is 0 Å². The highest BCUT2D eigenvalue weighted by molar-refractivity contribution is 5.78. The number of piperidine rings is 1. The molecule has 0 radical (unpaired) electrons. The Morgan fingerprint density at radius 2 is 1.94 bits per heavy atom. The van der Waals surface area contributed by atoms with Crippen LogP contribution in [-0.2, 0) is 4.79 Å². The van der Waals surface area contributed by atoms with Crippen LogP contribution in [0.4, 0.5) is 0 Å². The van der Waals surface area contributed by atoms with E-state index in [9.17, 15) is 4.79 Å². The smallest absolute Gasteiger partial charge is 0.236 e. The Bertz CT molecular complexity index is 232. The van der Waals surface area contributed by atoms with Crippen molar-refractivity contribution in [1.82, 2.24) is 15.1 Å². The lowest BCUT2D eigenvalue weighted by Gasteiger charge is -2.36. The van der Waals surface area contributed by atoms with Gasteiger partial charge in [-0.2, -0.15) is 0 Å². The van der Waals surface area contributed by atoms with Gasteiger partial charge in [-0.3, -0.25) is 9.69 Å². The Hall–Kier alpha value is -0.610. The zero-order valence-electron chi connectivity index (χ0n) is 10.2. The quantitative estimate of drug-likeness (QED) is 0.740. The molecule has 2 aliphatic heterocycles. The second kappa shape index (κ2) is 5.64. The van der Waals surface area contributed by atoms with E-state index in [1.165, 1.54) is 19.3 Å². The molecule has 0 atom stereocenters. The number of carbonyl (C=O) groups is 1. The van der Waals surface area contributed by atoms with Gasteiger partial charge in [0, 0.05) is 13.1 Å². The third-order valence-electron chi connectivity index (χ3n) is 3.77. The van der Waals surface area contributed by atoms with E-state index in [0.29, 0.717) is 12.5 Å². The second-order valence-corrected chi connectivity index (χ2v) is 5.01. The normalized spacial score (nSPS) is 23.2. The standard InChI is InChI=1S/C12H23N3O/c1-13-9-11-3-7-14(8-4-11)10-12(16)15-5-2-6-15/h11,13H,2-10H2,1H3. The summed E-state index contributed by atoms with van der Waals surface area (Å²) in [7, 11) is 2.01. The van der Waals surface area contributed by atoms with Crippen LogP contribution in [-0.4, -0.2) is 62.0 Å². The summed E-state index contributed by atoms with van der Waals surface area (Å²) in [4.78, 5) is 16.1. The highest BCUT2D eigenvalue weighted by Gasteiger charge is 2.24. The summed E-state index contributed by atoms with van der Waals surface area (Å²) in [6, 6.07) is 0. The van der Waals surface area contributed by atoms with E-state index < -0.39 is 0 Å². The van der Waals surface area contributed by atoms with Gasteiger partial charge < -0.3 is 10.2 Å². The number of amides is 1. The van der Waals surface area contributed by atoms with Gasteiger partial charge >= 0.3 is 0 Å². The lowest BCUT2D eigenvalue weighted by atomic mass is 9.97. The van der Waals surface area contributed by atoms with Crippen LogP contribution in [0.5, 0.6) is 0 Å². The van der Waals surface area contributed by atoms with Crippen molar-refractivity contribution in [3.8, 4) is 0 Å². The lowest BCUT2D eigenvalue weighted by molar-refractivity contribution is -0.136. The Morgan fingerprint density at radius 3 is 2.44 bits per heavy atom. The van der Waals surface area contributed by atoms with Gasteiger partial charge in [-0.1, -0.05) is 0 Å². The number of carbonyl (C=O) groups excluding carboxylic acids is 1. The van der Waals surface area contributed by atoms with E-state index in [-0.39, 0.29) is 0 Å². The van der Waals surface area contributed by atoms with Gasteiger partial charge in [-0.05, 0) is 51.9 Å². The number of nitrogens with one attached hydrogen (secondary N) is 1. The molecule has 16 heavy (non-hydrogen) atoms. The zero-order valence-corrected chi connectivity index (χ0v) is 10.2. The average Bonchev–Trinajstić information content (AvgIpc) is 2.18. The molecule has 2 rings (SSSR count). The summed E-state index contributed by atoms with van der Waals surface area (Å²) in [5, 5.41) is 3.24. The monoisotopic (exact) mass is 225 g/mol. The second-order valence-electron chi connectivity index (χ2n) is 5.01. The minimum absolute atomic E-state index is 0.332. The van der Waals surface area contributed by atoms with Crippen LogP contribution in [0.2, 0.25) is 0 Å². The molecule has 2 saturated heterocycles. The van der Waals surface area contributed by atoms with E-state index in [1.54, 1.807) is 0 Å². The van der Waals surface area contributed by atoms with Crippen LogP contribution in [0.1, 0.15) is 19.3 Å². The molecule has 92 valence electrons. The molecule has 0 aliphatic carbocycles. The fraction of sp³-hybridized carbons (Fsp3) is 0.917. The number of hydrogen-bond donors (Lipinski definition) is 1. The number of rotatable bonds is 4. The first-order valence-electron chi connectivity index (χ1n) is 6.44. The number of hydrogen-bond acceptors (Lipinski definition) is 3. The third kappa shape index (κ3) is 2.95. The van der Waals surface area contributed by atoms with Gasteiger partial charge in [0.1, 0.15) is 0 Å². The van der Waals surface area contributed by atoms with E-state index in [0.717, 1.165) is 38.6 Å². The average molecular weight is 225 g/mol. The zero-order chi connectivity index (χ0) is 11.4. The van der Waals surface area contributed by atoms with Crippen molar-refractivity contribution < 1.29 is 4.79 Å². The van der Waals surface area contributed by atoms with Crippen LogP contribution < -0.4 is 5.32 Å². The summed E-state index contributed by atoms with van der Waals surface area (Å²) in [6.07, 6.45) is 3.65. The molecule has 2 fully saturated rings. The first-order valence-corrected chi connectivity index (χ1v) is 6.44. The SMILES string of the molecule is CNCC1CCN(CC(=O)N2CCC2)CC1. The molecular weight excluding hydrogens is 202 g/mol. The molecule has 0 spiro atoms. The van der Waals surface area contributed by atoms with Crippen molar-refractivity contribution >= 4 is 5.91 Å². The molecular formula is C12H23N3O. The van der Waals surface area contributed by atoms with Gasteiger partial charge in [-0.25, -0.2) is 0 Å². The number of nitrogens with zero attached hydrogens (tertiary/aromatic N) is 2. The highest BCUT2D eigenvalue weighted by Crippen LogP contribution is 2.16. The van der Waals surface area contributed by atoms with Crippen molar-refractivity contribution in [3.63, 3.8) is 0 Å². The molecule has 4 nitrogen and oxygen atoms in total. The minimum atomic E-state index is 0.332. The molecule has 0 saturated carbocycles. The van der Waals surface area contributed by atoms with Crippen molar-refractivity contribution in [1.29, 1.82) is 0 Å². The Balaban J connectivity index is 1.66.